The zero-order valence-corrected chi connectivity index (χ0v) is 11.0. The highest BCUT2D eigenvalue weighted by Crippen LogP contribution is 2.42. The molecule has 0 saturated heterocycles. The SMILES string of the molecule is Clc1cccc(CC2(Nc3ccccc3)CC2)c1. The minimum Gasteiger partial charge on any atom is -0.379 e. The molecule has 0 spiro atoms. The van der Waals surface area contributed by atoms with Crippen molar-refractivity contribution in [2.75, 3.05) is 5.32 Å². The Bertz CT molecular complexity index is 532. The molecule has 3 rings (SSSR count). The fraction of sp³-hybridized carbons (Fsp3) is 0.250. The highest BCUT2D eigenvalue weighted by molar-refractivity contribution is 6.30. The van der Waals surface area contributed by atoms with Gasteiger partial charge in [0.25, 0.3) is 0 Å². The van der Waals surface area contributed by atoms with Gasteiger partial charge in [-0.2, -0.15) is 0 Å². The molecule has 18 heavy (non-hydrogen) atoms. The van der Waals surface area contributed by atoms with Crippen molar-refractivity contribution in [3.05, 3.63) is 65.2 Å². The molecule has 1 aliphatic rings. The second kappa shape index (κ2) is 4.66. The van der Waals surface area contributed by atoms with Crippen LogP contribution in [0.25, 0.3) is 0 Å². The first-order valence-corrected chi connectivity index (χ1v) is 6.71. The lowest BCUT2D eigenvalue weighted by Gasteiger charge is -2.19. The number of anilines is 1. The summed E-state index contributed by atoms with van der Waals surface area (Å²) in [6.07, 6.45) is 3.51. The number of hydrogen-bond acceptors (Lipinski definition) is 1. The third-order valence-electron chi connectivity index (χ3n) is 3.47. The van der Waals surface area contributed by atoms with Crippen LogP contribution in [0.2, 0.25) is 5.02 Å². The fourth-order valence-electron chi connectivity index (χ4n) is 2.36. The van der Waals surface area contributed by atoms with E-state index in [0.29, 0.717) is 0 Å². The van der Waals surface area contributed by atoms with E-state index in [0.717, 1.165) is 11.4 Å². The molecule has 0 bridgehead atoms. The largest absolute Gasteiger partial charge is 0.379 e. The van der Waals surface area contributed by atoms with Gasteiger partial charge in [-0.3, -0.25) is 0 Å². The molecule has 1 aliphatic carbocycles. The average Bonchev–Trinajstić information content (AvgIpc) is 3.10. The maximum absolute atomic E-state index is 6.03. The summed E-state index contributed by atoms with van der Waals surface area (Å²) in [5.41, 5.74) is 2.76. The van der Waals surface area contributed by atoms with Crippen molar-refractivity contribution in [3.63, 3.8) is 0 Å². The van der Waals surface area contributed by atoms with Gasteiger partial charge in [0.1, 0.15) is 0 Å². The van der Waals surface area contributed by atoms with E-state index < -0.39 is 0 Å². The van der Waals surface area contributed by atoms with Crippen LogP contribution in [0.15, 0.2) is 54.6 Å². The van der Waals surface area contributed by atoms with E-state index in [1.807, 2.05) is 18.2 Å². The lowest BCUT2D eigenvalue weighted by atomic mass is 10.0. The second-order valence-corrected chi connectivity index (χ2v) is 5.51. The lowest BCUT2D eigenvalue weighted by molar-refractivity contribution is 0.726. The molecular formula is C16H16ClN. The Labute approximate surface area is 113 Å². The average molecular weight is 258 g/mol. The Balaban J connectivity index is 1.72. The summed E-state index contributed by atoms with van der Waals surface area (Å²) in [5.74, 6) is 0. The molecule has 0 aromatic heterocycles. The molecule has 1 N–H and O–H groups in total. The van der Waals surface area contributed by atoms with Crippen LogP contribution in [-0.2, 0) is 6.42 Å². The first-order valence-electron chi connectivity index (χ1n) is 6.34. The van der Waals surface area contributed by atoms with Gasteiger partial charge in [0.2, 0.25) is 0 Å². The minimum atomic E-state index is 0.242. The molecule has 92 valence electrons. The molecule has 0 amide bonds. The van der Waals surface area contributed by atoms with Gasteiger partial charge in [0.15, 0.2) is 0 Å². The fourth-order valence-corrected chi connectivity index (χ4v) is 2.58. The number of halogens is 1. The topological polar surface area (TPSA) is 12.0 Å². The summed E-state index contributed by atoms with van der Waals surface area (Å²) < 4.78 is 0. The van der Waals surface area contributed by atoms with Gasteiger partial charge in [0.05, 0.1) is 0 Å². The zero-order valence-electron chi connectivity index (χ0n) is 10.2. The van der Waals surface area contributed by atoms with E-state index in [-0.39, 0.29) is 5.54 Å². The van der Waals surface area contributed by atoms with Gasteiger partial charge < -0.3 is 5.32 Å². The molecule has 0 unspecified atom stereocenters. The molecule has 2 heteroatoms. The molecule has 1 fully saturated rings. The predicted molar refractivity (Wildman–Crippen MR) is 77.2 cm³/mol. The van der Waals surface area contributed by atoms with E-state index in [1.165, 1.54) is 24.1 Å². The van der Waals surface area contributed by atoms with Crippen LogP contribution in [0.5, 0.6) is 0 Å². The van der Waals surface area contributed by atoms with Crippen molar-refractivity contribution in [2.45, 2.75) is 24.8 Å². The smallest absolute Gasteiger partial charge is 0.0415 e. The third kappa shape index (κ3) is 2.68. The van der Waals surface area contributed by atoms with E-state index in [1.54, 1.807) is 0 Å². The summed E-state index contributed by atoms with van der Waals surface area (Å²) in [4.78, 5) is 0. The molecule has 0 radical (unpaired) electrons. The number of nitrogens with one attached hydrogen (secondary N) is 1. The molecule has 0 heterocycles. The van der Waals surface area contributed by atoms with Crippen LogP contribution in [0.4, 0.5) is 5.69 Å². The molecule has 0 atom stereocenters. The van der Waals surface area contributed by atoms with E-state index >= 15 is 0 Å². The van der Waals surface area contributed by atoms with Crippen LogP contribution < -0.4 is 5.32 Å². The van der Waals surface area contributed by atoms with E-state index in [4.69, 9.17) is 11.6 Å². The molecule has 0 aliphatic heterocycles. The van der Waals surface area contributed by atoms with E-state index in [2.05, 4.69) is 41.7 Å². The van der Waals surface area contributed by atoms with Crippen molar-refractivity contribution in [2.24, 2.45) is 0 Å². The summed E-state index contributed by atoms with van der Waals surface area (Å²) in [5, 5.41) is 4.48. The summed E-state index contributed by atoms with van der Waals surface area (Å²) >= 11 is 6.03. The number of hydrogen-bond donors (Lipinski definition) is 1. The Morgan fingerprint density at radius 1 is 1.00 bits per heavy atom. The predicted octanol–water partition coefficient (Wildman–Crippen LogP) is 4.53. The maximum atomic E-state index is 6.03. The second-order valence-electron chi connectivity index (χ2n) is 5.08. The Morgan fingerprint density at radius 3 is 2.44 bits per heavy atom. The Morgan fingerprint density at radius 2 is 1.78 bits per heavy atom. The molecule has 1 nitrogen and oxygen atoms in total. The van der Waals surface area contributed by atoms with Gasteiger partial charge in [0, 0.05) is 16.2 Å². The zero-order chi connectivity index (χ0) is 12.4. The highest BCUT2D eigenvalue weighted by Gasteiger charge is 2.42. The quantitative estimate of drug-likeness (QED) is 0.849. The Kier molecular flexibility index (Phi) is 3.00. The van der Waals surface area contributed by atoms with Crippen LogP contribution in [0, 0.1) is 0 Å². The normalized spacial score (nSPS) is 16.3. The Hall–Kier alpha value is -1.47. The van der Waals surface area contributed by atoms with Gasteiger partial charge in [-0.25, -0.2) is 0 Å². The first-order chi connectivity index (χ1) is 8.76. The van der Waals surface area contributed by atoms with Crippen molar-refractivity contribution in [1.82, 2.24) is 0 Å². The molecule has 2 aromatic carbocycles. The minimum absolute atomic E-state index is 0.242. The summed E-state index contributed by atoms with van der Waals surface area (Å²) in [6.45, 7) is 0. The molecule has 1 saturated carbocycles. The van der Waals surface area contributed by atoms with Gasteiger partial charge >= 0.3 is 0 Å². The third-order valence-corrected chi connectivity index (χ3v) is 3.70. The van der Waals surface area contributed by atoms with Crippen LogP contribution >= 0.6 is 11.6 Å². The van der Waals surface area contributed by atoms with Crippen LogP contribution in [0.1, 0.15) is 18.4 Å². The van der Waals surface area contributed by atoms with Crippen LogP contribution in [-0.4, -0.2) is 5.54 Å². The van der Waals surface area contributed by atoms with Crippen molar-refractivity contribution in [1.29, 1.82) is 0 Å². The monoisotopic (exact) mass is 257 g/mol. The van der Waals surface area contributed by atoms with Gasteiger partial charge in [-0.05, 0) is 49.1 Å². The van der Waals surface area contributed by atoms with Crippen molar-refractivity contribution >= 4 is 17.3 Å². The molecule has 2 aromatic rings. The molecular weight excluding hydrogens is 242 g/mol. The number of rotatable bonds is 4. The highest BCUT2D eigenvalue weighted by atomic mass is 35.5. The van der Waals surface area contributed by atoms with Gasteiger partial charge in [-0.1, -0.05) is 41.9 Å². The maximum Gasteiger partial charge on any atom is 0.0415 e. The lowest BCUT2D eigenvalue weighted by Crippen LogP contribution is -2.24. The standard InChI is InChI=1S/C16H16ClN/c17-14-6-4-5-13(11-14)12-16(9-10-16)18-15-7-2-1-3-8-15/h1-8,11,18H,9-10,12H2. The van der Waals surface area contributed by atoms with Crippen molar-refractivity contribution in [3.8, 4) is 0 Å². The first kappa shape index (κ1) is 11.6. The van der Waals surface area contributed by atoms with Crippen LogP contribution in [0.3, 0.4) is 0 Å². The summed E-state index contributed by atoms with van der Waals surface area (Å²) in [6, 6.07) is 18.6. The summed E-state index contributed by atoms with van der Waals surface area (Å²) in [7, 11) is 0. The van der Waals surface area contributed by atoms with Gasteiger partial charge in [-0.15, -0.1) is 0 Å². The van der Waals surface area contributed by atoms with E-state index in [9.17, 15) is 0 Å². The number of benzene rings is 2. The number of para-hydroxylation sites is 1. The van der Waals surface area contributed by atoms with Crippen molar-refractivity contribution < 1.29 is 0 Å².